The van der Waals surface area contributed by atoms with Gasteiger partial charge >= 0.3 is 0 Å². The molecule has 0 radical (unpaired) electrons. The van der Waals surface area contributed by atoms with Crippen molar-refractivity contribution in [3.63, 3.8) is 0 Å². The molecule has 1 aromatic heterocycles. The van der Waals surface area contributed by atoms with Gasteiger partial charge < -0.3 is 5.32 Å². The van der Waals surface area contributed by atoms with E-state index in [4.69, 9.17) is 10.5 Å². The molecule has 13 heavy (non-hydrogen) atoms. The van der Waals surface area contributed by atoms with Gasteiger partial charge in [0.15, 0.2) is 11.5 Å². The second-order valence-electron chi connectivity index (χ2n) is 2.20. The molecule has 1 rings (SSSR count). The fourth-order valence-corrected chi connectivity index (χ4v) is 0.786. The van der Waals surface area contributed by atoms with Gasteiger partial charge in [-0.15, -0.1) is 0 Å². The average molecular weight is 173 g/mol. The molecule has 0 spiro atoms. The number of nitrogens with one attached hydrogen (secondary N) is 1. The molecule has 5 heteroatoms. The lowest BCUT2D eigenvalue weighted by atomic mass is 10.4. The van der Waals surface area contributed by atoms with Crippen LogP contribution in [-0.4, -0.2) is 16.5 Å². The minimum absolute atomic E-state index is 0.250. The van der Waals surface area contributed by atoms with Crippen molar-refractivity contribution in [2.75, 3.05) is 11.9 Å². The highest BCUT2D eigenvalue weighted by Gasteiger charge is 2.01. The van der Waals surface area contributed by atoms with Gasteiger partial charge in [-0.1, -0.05) is 0 Å². The molecular formula is C8H7N5. The van der Waals surface area contributed by atoms with Gasteiger partial charge in [0.1, 0.15) is 6.07 Å². The molecule has 0 amide bonds. The lowest BCUT2D eigenvalue weighted by Gasteiger charge is -2.02. The van der Waals surface area contributed by atoms with E-state index >= 15 is 0 Å². The van der Waals surface area contributed by atoms with Crippen molar-refractivity contribution in [3.8, 4) is 12.1 Å². The fraction of sp³-hybridized carbons (Fsp3) is 0.250. The molecule has 64 valence electrons. The molecule has 1 N–H and O–H groups in total. The Morgan fingerprint density at radius 2 is 2.08 bits per heavy atom. The molecule has 0 aliphatic heterocycles. The summed E-state index contributed by atoms with van der Waals surface area (Å²) in [6.07, 6.45) is 3.32. The first-order chi connectivity index (χ1) is 6.38. The summed E-state index contributed by atoms with van der Waals surface area (Å²) in [5.41, 5.74) is 0.250. The van der Waals surface area contributed by atoms with E-state index in [-0.39, 0.29) is 5.69 Å². The minimum atomic E-state index is 0.250. The largest absolute Gasteiger partial charge is 0.367 e. The van der Waals surface area contributed by atoms with Crippen LogP contribution in [0.4, 0.5) is 5.82 Å². The number of hydrogen-bond acceptors (Lipinski definition) is 5. The zero-order valence-corrected chi connectivity index (χ0v) is 6.86. The molecule has 1 aromatic rings. The van der Waals surface area contributed by atoms with Crippen LogP contribution in [0.2, 0.25) is 0 Å². The van der Waals surface area contributed by atoms with Gasteiger partial charge in [-0.05, 0) is 0 Å². The molecule has 0 unspecified atom stereocenters. The molecule has 0 bridgehead atoms. The third kappa shape index (κ3) is 2.42. The lowest BCUT2D eigenvalue weighted by molar-refractivity contribution is 1.04. The summed E-state index contributed by atoms with van der Waals surface area (Å²) in [7, 11) is 0. The summed E-state index contributed by atoms with van der Waals surface area (Å²) in [5, 5.41) is 19.7. The first-order valence-corrected chi connectivity index (χ1v) is 3.70. The summed E-state index contributed by atoms with van der Waals surface area (Å²) in [6, 6.07) is 3.89. The van der Waals surface area contributed by atoms with Gasteiger partial charge in [0.2, 0.25) is 0 Å². The van der Waals surface area contributed by atoms with Crippen molar-refractivity contribution in [2.24, 2.45) is 0 Å². The monoisotopic (exact) mass is 173 g/mol. The molecule has 0 aromatic carbocycles. The Labute approximate surface area is 75.7 Å². The van der Waals surface area contributed by atoms with E-state index in [1.165, 1.54) is 12.4 Å². The highest BCUT2D eigenvalue weighted by Crippen LogP contribution is 2.05. The molecule has 0 saturated heterocycles. The zero-order chi connectivity index (χ0) is 9.52. The Bertz CT molecular complexity index is 360. The van der Waals surface area contributed by atoms with Crippen LogP contribution in [0.15, 0.2) is 12.4 Å². The van der Waals surface area contributed by atoms with Gasteiger partial charge in [0.25, 0.3) is 0 Å². The van der Waals surface area contributed by atoms with E-state index in [0.29, 0.717) is 18.8 Å². The van der Waals surface area contributed by atoms with Crippen LogP contribution in [0.5, 0.6) is 0 Å². The standard InChI is InChI=1S/C8H7N5/c9-2-1-3-12-8-7(6-10)11-4-5-13-8/h4-5H,1,3H2,(H,12,13). The van der Waals surface area contributed by atoms with Crippen LogP contribution in [0.1, 0.15) is 12.1 Å². The van der Waals surface area contributed by atoms with Gasteiger partial charge in [-0.25, -0.2) is 9.97 Å². The Balaban J connectivity index is 2.67. The molecular weight excluding hydrogens is 166 g/mol. The van der Waals surface area contributed by atoms with Crippen molar-refractivity contribution in [1.82, 2.24) is 9.97 Å². The number of rotatable bonds is 3. The van der Waals surface area contributed by atoms with Crippen LogP contribution < -0.4 is 5.32 Å². The summed E-state index contributed by atoms with van der Waals surface area (Å²) in [4.78, 5) is 7.72. The molecule has 0 aliphatic rings. The molecule has 0 saturated carbocycles. The zero-order valence-electron chi connectivity index (χ0n) is 6.86. The average Bonchev–Trinajstić information content (AvgIpc) is 2.19. The van der Waals surface area contributed by atoms with E-state index in [1.54, 1.807) is 0 Å². The molecule has 0 aliphatic carbocycles. The normalized spacial score (nSPS) is 8.46. The maximum Gasteiger partial charge on any atom is 0.182 e. The number of nitriles is 2. The van der Waals surface area contributed by atoms with Crippen LogP contribution in [0.25, 0.3) is 0 Å². The fourth-order valence-electron chi connectivity index (χ4n) is 0.786. The maximum absolute atomic E-state index is 8.62. The summed E-state index contributed by atoms with van der Waals surface area (Å²) in [6.45, 7) is 0.476. The predicted molar refractivity (Wildman–Crippen MR) is 45.5 cm³/mol. The number of anilines is 1. The Morgan fingerprint density at radius 3 is 2.77 bits per heavy atom. The highest BCUT2D eigenvalue weighted by molar-refractivity contribution is 5.46. The minimum Gasteiger partial charge on any atom is -0.367 e. The van der Waals surface area contributed by atoms with Gasteiger partial charge in [0.05, 0.1) is 12.5 Å². The first kappa shape index (κ1) is 8.95. The second kappa shape index (κ2) is 4.68. The van der Waals surface area contributed by atoms with Crippen LogP contribution in [-0.2, 0) is 0 Å². The molecule has 5 nitrogen and oxygen atoms in total. The van der Waals surface area contributed by atoms with E-state index in [2.05, 4.69) is 15.3 Å². The van der Waals surface area contributed by atoms with E-state index < -0.39 is 0 Å². The van der Waals surface area contributed by atoms with Crippen molar-refractivity contribution in [2.45, 2.75) is 6.42 Å². The van der Waals surface area contributed by atoms with Crippen LogP contribution in [0, 0.1) is 22.7 Å². The van der Waals surface area contributed by atoms with Crippen LogP contribution in [0.3, 0.4) is 0 Å². The summed E-state index contributed by atoms with van der Waals surface area (Å²) < 4.78 is 0. The molecule has 1 heterocycles. The number of nitrogens with zero attached hydrogens (tertiary/aromatic N) is 4. The van der Waals surface area contributed by atoms with E-state index in [9.17, 15) is 0 Å². The summed E-state index contributed by atoms with van der Waals surface area (Å²) in [5.74, 6) is 0.431. The van der Waals surface area contributed by atoms with Crippen molar-refractivity contribution < 1.29 is 0 Å². The third-order valence-corrected chi connectivity index (χ3v) is 1.33. The number of hydrogen-bond donors (Lipinski definition) is 1. The third-order valence-electron chi connectivity index (χ3n) is 1.33. The Kier molecular flexibility index (Phi) is 3.22. The van der Waals surface area contributed by atoms with Crippen molar-refractivity contribution >= 4 is 5.82 Å². The van der Waals surface area contributed by atoms with Gasteiger partial charge in [-0.3, -0.25) is 0 Å². The first-order valence-electron chi connectivity index (χ1n) is 3.70. The van der Waals surface area contributed by atoms with Crippen molar-refractivity contribution in [1.29, 1.82) is 10.5 Å². The number of aromatic nitrogens is 2. The Hall–Kier alpha value is -2.14. The molecule has 0 fully saturated rings. The second-order valence-corrected chi connectivity index (χ2v) is 2.20. The maximum atomic E-state index is 8.62. The SMILES string of the molecule is N#CCCNc1nccnc1C#N. The highest BCUT2D eigenvalue weighted by atomic mass is 15.0. The topological polar surface area (TPSA) is 85.4 Å². The summed E-state index contributed by atoms with van der Waals surface area (Å²) >= 11 is 0. The molecule has 0 atom stereocenters. The predicted octanol–water partition coefficient (Wildman–Crippen LogP) is 0.674. The van der Waals surface area contributed by atoms with E-state index in [0.717, 1.165) is 0 Å². The smallest absolute Gasteiger partial charge is 0.182 e. The quantitative estimate of drug-likeness (QED) is 0.679. The van der Waals surface area contributed by atoms with Gasteiger partial charge in [-0.2, -0.15) is 10.5 Å². The van der Waals surface area contributed by atoms with E-state index in [1.807, 2.05) is 12.1 Å². The lowest BCUT2D eigenvalue weighted by Crippen LogP contribution is -2.05. The van der Waals surface area contributed by atoms with Crippen molar-refractivity contribution in [3.05, 3.63) is 18.1 Å². The van der Waals surface area contributed by atoms with Crippen LogP contribution >= 0.6 is 0 Å². The Morgan fingerprint density at radius 1 is 1.31 bits per heavy atom. The van der Waals surface area contributed by atoms with Gasteiger partial charge in [0, 0.05) is 18.9 Å².